The molecule has 0 saturated heterocycles. The molecular weight excluding hydrogens is 164 g/mol. The molecule has 3 heteroatoms. The van der Waals surface area contributed by atoms with E-state index in [1.165, 1.54) is 7.11 Å². The van der Waals surface area contributed by atoms with Crippen molar-refractivity contribution in [1.82, 2.24) is 0 Å². The Balaban J connectivity index is 3.21. The van der Waals surface area contributed by atoms with Crippen LogP contribution in [0.25, 0.3) is 0 Å². The number of halogens is 1. The molecule has 0 rings (SSSR count). The van der Waals surface area contributed by atoms with E-state index in [0.717, 1.165) is 6.42 Å². The summed E-state index contributed by atoms with van der Waals surface area (Å²) in [4.78, 5) is 10.5. The molecule has 0 N–H and O–H groups in total. The molecule has 0 radical (unpaired) electrons. The van der Waals surface area contributed by atoms with Crippen LogP contribution in [0.4, 0.5) is 0 Å². The molecular formula is C8H11ClO2. The number of ether oxygens (including phenoxy) is 1. The lowest BCUT2D eigenvalue weighted by molar-refractivity contribution is -0.140. The minimum absolute atomic E-state index is 0.183. The molecule has 0 aromatic carbocycles. The Morgan fingerprint density at radius 1 is 1.55 bits per heavy atom. The minimum Gasteiger partial charge on any atom is -0.469 e. The van der Waals surface area contributed by atoms with Crippen LogP contribution in [0.3, 0.4) is 0 Å². The Bertz CT molecular complexity index is 167. The van der Waals surface area contributed by atoms with Crippen molar-refractivity contribution in [2.75, 3.05) is 13.0 Å². The molecule has 0 heterocycles. The third-order valence-corrected chi connectivity index (χ3v) is 1.24. The molecule has 2 nitrogen and oxygen atoms in total. The summed E-state index contributed by atoms with van der Waals surface area (Å²) >= 11 is 5.31. The Kier molecular flexibility index (Phi) is 6.97. The summed E-state index contributed by atoms with van der Waals surface area (Å²) in [6, 6.07) is 0. The Morgan fingerprint density at radius 2 is 2.27 bits per heavy atom. The van der Waals surface area contributed by atoms with Gasteiger partial charge in [0, 0.05) is 12.8 Å². The lowest BCUT2D eigenvalue weighted by atomic mass is 10.2. The Labute approximate surface area is 71.9 Å². The van der Waals surface area contributed by atoms with E-state index in [4.69, 9.17) is 11.6 Å². The zero-order valence-electron chi connectivity index (χ0n) is 6.52. The first-order valence-electron chi connectivity index (χ1n) is 3.39. The van der Waals surface area contributed by atoms with Gasteiger partial charge in [0.2, 0.25) is 0 Å². The second kappa shape index (κ2) is 7.43. The third-order valence-electron chi connectivity index (χ3n) is 1.10. The van der Waals surface area contributed by atoms with Crippen molar-refractivity contribution >= 4 is 17.6 Å². The lowest BCUT2D eigenvalue weighted by Gasteiger charge is -1.93. The molecule has 0 saturated carbocycles. The Morgan fingerprint density at radius 3 is 2.82 bits per heavy atom. The average Bonchev–Trinajstić information content (AvgIpc) is 2.04. The summed E-state index contributed by atoms with van der Waals surface area (Å²) in [7, 11) is 1.38. The maximum atomic E-state index is 10.5. The number of esters is 1. The molecule has 0 amide bonds. The van der Waals surface area contributed by atoms with Crippen LogP contribution in [-0.4, -0.2) is 19.0 Å². The smallest absolute Gasteiger partial charge is 0.305 e. The first kappa shape index (κ1) is 10.3. The number of methoxy groups -OCH3 is 1. The van der Waals surface area contributed by atoms with Crippen LogP contribution in [0.15, 0.2) is 0 Å². The van der Waals surface area contributed by atoms with Gasteiger partial charge in [-0.15, -0.1) is 17.5 Å². The third kappa shape index (κ3) is 7.21. The highest BCUT2D eigenvalue weighted by Gasteiger charge is 1.96. The van der Waals surface area contributed by atoms with Gasteiger partial charge in [0.1, 0.15) is 0 Å². The summed E-state index contributed by atoms with van der Waals surface area (Å²) in [5.41, 5.74) is 0. The molecule has 0 aliphatic heterocycles. The average molecular weight is 175 g/mol. The number of carbonyl (C=O) groups is 1. The van der Waals surface area contributed by atoms with Gasteiger partial charge in [-0.2, -0.15) is 0 Å². The molecule has 0 fully saturated rings. The number of unbranched alkanes of at least 4 members (excludes halogenated alkanes) is 1. The first-order chi connectivity index (χ1) is 5.31. The summed E-state index contributed by atoms with van der Waals surface area (Å²) < 4.78 is 4.44. The van der Waals surface area contributed by atoms with Crippen molar-refractivity contribution in [1.29, 1.82) is 0 Å². The maximum Gasteiger partial charge on any atom is 0.305 e. The van der Waals surface area contributed by atoms with Crippen LogP contribution in [0, 0.1) is 11.8 Å². The van der Waals surface area contributed by atoms with Crippen LogP contribution >= 0.6 is 11.6 Å². The minimum atomic E-state index is -0.183. The second-order valence-corrected chi connectivity index (χ2v) is 2.18. The van der Waals surface area contributed by atoms with Gasteiger partial charge < -0.3 is 4.74 Å². The van der Waals surface area contributed by atoms with E-state index < -0.39 is 0 Å². The number of rotatable bonds is 3. The van der Waals surface area contributed by atoms with E-state index in [1.54, 1.807) is 0 Å². The molecule has 0 unspecified atom stereocenters. The Hall–Kier alpha value is -0.680. The van der Waals surface area contributed by atoms with Gasteiger partial charge in [-0.25, -0.2) is 0 Å². The van der Waals surface area contributed by atoms with Crippen LogP contribution < -0.4 is 0 Å². The highest BCUT2D eigenvalue weighted by Crippen LogP contribution is 1.94. The molecule has 0 aliphatic rings. The topological polar surface area (TPSA) is 26.3 Å². The second-order valence-electron chi connectivity index (χ2n) is 1.92. The van der Waals surface area contributed by atoms with E-state index in [1.807, 2.05) is 0 Å². The fraction of sp³-hybridized carbons (Fsp3) is 0.625. The number of carbonyl (C=O) groups excluding carboxylic acids is 1. The van der Waals surface area contributed by atoms with Gasteiger partial charge in [-0.3, -0.25) is 4.79 Å². The van der Waals surface area contributed by atoms with Crippen LogP contribution in [-0.2, 0) is 9.53 Å². The van der Waals surface area contributed by atoms with E-state index in [0.29, 0.717) is 18.7 Å². The molecule has 0 bridgehead atoms. The normalized spacial score (nSPS) is 8.18. The van der Waals surface area contributed by atoms with Gasteiger partial charge >= 0.3 is 5.97 Å². The summed E-state index contributed by atoms with van der Waals surface area (Å²) in [5.74, 6) is 5.70. The van der Waals surface area contributed by atoms with Gasteiger partial charge in [-0.1, -0.05) is 5.92 Å². The monoisotopic (exact) mass is 174 g/mol. The summed E-state index contributed by atoms with van der Waals surface area (Å²) in [6.45, 7) is 0. The van der Waals surface area contributed by atoms with Crippen molar-refractivity contribution in [2.45, 2.75) is 19.3 Å². The van der Waals surface area contributed by atoms with E-state index in [2.05, 4.69) is 16.6 Å². The molecule has 0 aromatic heterocycles. The molecule has 0 aromatic rings. The largest absolute Gasteiger partial charge is 0.469 e. The zero-order valence-corrected chi connectivity index (χ0v) is 7.28. The van der Waals surface area contributed by atoms with Crippen molar-refractivity contribution in [3.8, 4) is 11.8 Å². The fourth-order valence-corrected chi connectivity index (χ4v) is 0.653. The van der Waals surface area contributed by atoms with Crippen LogP contribution in [0.1, 0.15) is 19.3 Å². The standard InChI is InChI=1S/C8H11ClO2/c1-11-8(10)6-4-2-3-5-7-9/h2,4,6-7H2,1H3. The van der Waals surface area contributed by atoms with Crippen molar-refractivity contribution < 1.29 is 9.53 Å². The van der Waals surface area contributed by atoms with Gasteiger partial charge in [0.15, 0.2) is 0 Å². The van der Waals surface area contributed by atoms with Gasteiger partial charge in [-0.05, 0) is 6.42 Å². The molecule has 11 heavy (non-hydrogen) atoms. The highest BCUT2D eigenvalue weighted by atomic mass is 35.5. The van der Waals surface area contributed by atoms with E-state index in [9.17, 15) is 4.79 Å². The summed E-state index contributed by atoms with van der Waals surface area (Å²) in [6.07, 6.45) is 1.89. The number of hydrogen-bond acceptors (Lipinski definition) is 2. The van der Waals surface area contributed by atoms with E-state index in [-0.39, 0.29) is 5.97 Å². The predicted molar refractivity (Wildman–Crippen MR) is 44.4 cm³/mol. The maximum absolute atomic E-state index is 10.5. The zero-order chi connectivity index (χ0) is 8.53. The first-order valence-corrected chi connectivity index (χ1v) is 3.93. The van der Waals surface area contributed by atoms with Gasteiger partial charge in [0.05, 0.1) is 13.0 Å². The van der Waals surface area contributed by atoms with Crippen LogP contribution in [0.5, 0.6) is 0 Å². The highest BCUT2D eigenvalue weighted by molar-refractivity contribution is 6.19. The predicted octanol–water partition coefficient (Wildman–Crippen LogP) is 1.57. The molecule has 0 spiro atoms. The molecule has 0 aliphatic carbocycles. The quantitative estimate of drug-likeness (QED) is 0.281. The van der Waals surface area contributed by atoms with Crippen molar-refractivity contribution in [2.24, 2.45) is 0 Å². The van der Waals surface area contributed by atoms with Crippen molar-refractivity contribution in [3.63, 3.8) is 0 Å². The van der Waals surface area contributed by atoms with Crippen LogP contribution in [0.2, 0.25) is 0 Å². The van der Waals surface area contributed by atoms with Gasteiger partial charge in [0.25, 0.3) is 0 Å². The fourth-order valence-electron chi connectivity index (χ4n) is 0.559. The van der Waals surface area contributed by atoms with Crippen molar-refractivity contribution in [3.05, 3.63) is 0 Å². The summed E-state index contributed by atoms with van der Waals surface area (Å²) in [5, 5.41) is 0. The lowest BCUT2D eigenvalue weighted by Crippen LogP contribution is -1.98. The SMILES string of the molecule is COC(=O)CCCC#CCCl. The number of alkyl halides is 1. The number of hydrogen-bond donors (Lipinski definition) is 0. The van der Waals surface area contributed by atoms with E-state index >= 15 is 0 Å². The molecule has 62 valence electrons. The molecule has 0 atom stereocenters.